The van der Waals surface area contributed by atoms with Crippen LogP contribution in [0.3, 0.4) is 0 Å². The number of nitrogens with one attached hydrogen (secondary N) is 1. The Morgan fingerprint density at radius 1 is 1.59 bits per heavy atom. The van der Waals surface area contributed by atoms with Crippen LogP contribution < -0.4 is 10.2 Å². The van der Waals surface area contributed by atoms with Gasteiger partial charge in [-0.3, -0.25) is 5.43 Å². The zero-order valence-corrected chi connectivity index (χ0v) is 10.2. The molecule has 1 N–H and O–H groups in total. The van der Waals surface area contributed by atoms with E-state index in [2.05, 4.69) is 20.2 Å². The van der Waals surface area contributed by atoms with Crippen LogP contribution in [0, 0.1) is 0 Å². The molecular formula is C10H12ClN3O3. The number of nitrogens with zero attached hydrogens (tertiary/aromatic N) is 2. The molecule has 0 saturated carbocycles. The lowest BCUT2D eigenvalue weighted by Crippen LogP contribution is -2.13. The monoisotopic (exact) mass is 257 g/mol. The van der Waals surface area contributed by atoms with Gasteiger partial charge in [0.25, 0.3) is 0 Å². The van der Waals surface area contributed by atoms with E-state index >= 15 is 0 Å². The second kappa shape index (κ2) is 6.70. The summed E-state index contributed by atoms with van der Waals surface area (Å²) in [6.07, 6.45) is 1.50. The number of hydrogen-bond donors (Lipinski definition) is 1. The van der Waals surface area contributed by atoms with Crippen molar-refractivity contribution in [3.05, 3.63) is 18.3 Å². The summed E-state index contributed by atoms with van der Waals surface area (Å²) in [6, 6.07) is 3.33. The van der Waals surface area contributed by atoms with Crippen LogP contribution in [-0.2, 0) is 9.53 Å². The summed E-state index contributed by atoms with van der Waals surface area (Å²) in [7, 11) is 1.52. The van der Waals surface area contributed by atoms with Gasteiger partial charge in [0.15, 0.2) is 0 Å². The molecule has 7 heteroatoms. The van der Waals surface area contributed by atoms with Crippen LogP contribution in [0.2, 0.25) is 0 Å². The average molecular weight is 258 g/mol. The van der Waals surface area contributed by atoms with E-state index in [9.17, 15) is 4.79 Å². The van der Waals surface area contributed by atoms with Crippen LogP contribution in [0.25, 0.3) is 0 Å². The Labute approximate surface area is 104 Å². The predicted molar refractivity (Wildman–Crippen MR) is 64.3 cm³/mol. The minimum Gasteiger partial charge on any atom is -0.481 e. The lowest BCUT2D eigenvalue weighted by atomic mass is 10.4. The van der Waals surface area contributed by atoms with Gasteiger partial charge < -0.3 is 9.47 Å². The molecule has 0 saturated heterocycles. The van der Waals surface area contributed by atoms with E-state index in [-0.39, 0.29) is 11.8 Å². The van der Waals surface area contributed by atoms with Gasteiger partial charge >= 0.3 is 5.97 Å². The van der Waals surface area contributed by atoms with Crippen LogP contribution >= 0.6 is 11.6 Å². The van der Waals surface area contributed by atoms with Crippen LogP contribution in [0.5, 0.6) is 5.88 Å². The highest BCUT2D eigenvalue weighted by atomic mass is 35.5. The molecule has 0 aromatic carbocycles. The summed E-state index contributed by atoms with van der Waals surface area (Å²) < 4.78 is 9.54. The highest BCUT2D eigenvalue weighted by Crippen LogP contribution is 2.10. The van der Waals surface area contributed by atoms with Crippen molar-refractivity contribution in [2.45, 2.75) is 6.92 Å². The van der Waals surface area contributed by atoms with Gasteiger partial charge in [0.1, 0.15) is 0 Å². The lowest BCUT2D eigenvalue weighted by molar-refractivity contribution is -0.134. The third-order valence-corrected chi connectivity index (χ3v) is 1.91. The third kappa shape index (κ3) is 4.28. The molecule has 17 heavy (non-hydrogen) atoms. The van der Waals surface area contributed by atoms with Crippen LogP contribution in [0.1, 0.15) is 6.92 Å². The van der Waals surface area contributed by atoms with Gasteiger partial charge in [-0.1, -0.05) is 11.6 Å². The van der Waals surface area contributed by atoms with Crippen molar-refractivity contribution in [2.24, 2.45) is 5.10 Å². The first-order chi connectivity index (χ1) is 8.17. The number of aromatic nitrogens is 1. The van der Waals surface area contributed by atoms with Gasteiger partial charge in [0, 0.05) is 6.07 Å². The zero-order chi connectivity index (χ0) is 12.7. The normalized spacial score (nSPS) is 10.9. The van der Waals surface area contributed by atoms with Crippen molar-refractivity contribution in [3.8, 4) is 5.88 Å². The van der Waals surface area contributed by atoms with Crippen LogP contribution in [0.4, 0.5) is 5.69 Å². The number of hydrogen-bond acceptors (Lipinski definition) is 6. The molecule has 0 atom stereocenters. The first-order valence-electron chi connectivity index (χ1n) is 4.83. The number of carbonyl (C=O) groups is 1. The molecule has 0 aliphatic rings. The quantitative estimate of drug-likeness (QED) is 0.493. The van der Waals surface area contributed by atoms with Gasteiger partial charge in [-0.05, 0) is 13.0 Å². The van der Waals surface area contributed by atoms with E-state index in [0.717, 1.165) is 0 Å². The summed E-state index contributed by atoms with van der Waals surface area (Å²) in [5, 5.41) is 3.37. The van der Waals surface area contributed by atoms with Crippen molar-refractivity contribution in [3.63, 3.8) is 0 Å². The SMILES string of the molecule is CCOC(=O)/C(Cl)=N\Nc1ccc(OC)nc1. The smallest absolute Gasteiger partial charge is 0.370 e. The predicted octanol–water partition coefficient (Wildman–Crippen LogP) is 1.62. The lowest BCUT2D eigenvalue weighted by Gasteiger charge is -2.02. The number of carbonyl (C=O) groups excluding carboxylic acids is 1. The molecule has 0 bridgehead atoms. The molecule has 0 fully saturated rings. The number of rotatable bonds is 5. The second-order valence-electron chi connectivity index (χ2n) is 2.82. The minimum absolute atomic E-state index is 0.245. The molecule has 92 valence electrons. The summed E-state index contributed by atoms with van der Waals surface area (Å²) in [4.78, 5) is 15.0. The molecular weight excluding hydrogens is 246 g/mol. The van der Waals surface area contributed by atoms with Crippen LogP contribution in [0.15, 0.2) is 23.4 Å². The summed E-state index contributed by atoms with van der Waals surface area (Å²) >= 11 is 5.59. The maximum absolute atomic E-state index is 11.1. The maximum atomic E-state index is 11.1. The van der Waals surface area contributed by atoms with Gasteiger partial charge in [-0.25, -0.2) is 9.78 Å². The standard InChI is InChI=1S/C10H12ClN3O3/c1-3-17-10(15)9(11)14-13-7-4-5-8(16-2)12-6-7/h4-6,13H,3H2,1-2H3/b14-9+. The molecule has 0 amide bonds. The zero-order valence-electron chi connectivity index (χ0n) is 9.44. The number of halogens is 1. The number of methoxy groups -OCH3 is 1. The van der Waals surface area contributed by atoms with Gasteiger partial charge in [0.05, 0.1) is 25.6 Å². The van der Waals surface area contributed by atoms with Crippen molar-refractivity contribution < 1.29 is 14.3 Å². The average Bonchev–Trinajstić information content (AvgIpc) is 2.36. The molecule has 6 nitrogen and oxygen atoms in total. The Morgan fingerprint density at radius 3 is 2.88 bits per heavy atom. The fourth-order valence-electron chi connectivity index (χ4n) is 0.917. The summed E-state index contributed by atoms with van der Waals surface area (Å²) in [6.45, 7) is 1.93. The maximum Gasteiger partial charge on any atom is 0.370 e. The molecule has 0 spiro atoms. The third-order valence-electron chi connectivity index (χ3n) is 1.67. The number of pyridine rings is 1. The largest absolute Gasteiger partial charge is 0.481 e. The molecule has 1 rings (SSSR count). The highest BCUT2D eigenvalue weighted by Gasteiger charge is 2.08. The molecule has 1 aromatic heterocycles. The van der Waals surface area contributed by atoms with Crippen molar-refractivity contribution in [1.29, 1.82) is 0 Å². The Morgan fingerprint density at radius 2 is 2.35 bits per heavy atom. The Bertz CT molecular complexity index is 406. The van der Waals surface area contributed by atoms with E-state index in [0.29, 0.717) is 11.6 Å². The second-order valence-corrected chi connectivity index (χ2v) is 3.18. The van der Waals surface area contributed by atoms with Crippen LogP contribution in [-0.4, -0.2) is 29.8 Å². The molecule has 0 aliphatic carbocycles. The Kier molecular flexibility index (Phi) is 5.22. The Hall–Kier alpha value is -1.82. The van der Waals surface area contributed by atoms with E-state index < -0.39 is 5.97 Å². The van der Waals surface area contributed by atoms with Gasteiger partial charge in [-0.15, -0.1) is 0 Å². The fourth-order valence-corrected chi connectivity index (χ4v) is 1.01. The summed E-state index contributed by atoms with van der Waals surface area (Å²) in [5.41, 5.74) is 3.15. The molecule has 0 aliphatic heterocycles. The number of anilines is 1. The van der Waals surface area contributed by atoms with Crippen molar-refractivity contribution in [1.82, 2.24) is 4.98 Å². The molecule has 1 heterocycles. The van der Waals surface area contributed by atoms with Gasteiger partial charge in [0.2, 0.25) is 11.1 Å². The van der Waals surface area contributed by atoms with E-state index in [1.807, 2.05) is 0 Å². The molecule has 1 aromatic rings. The van der Waals surface area contributed by atoms with Crippen molar-refractivity contribution in [2.75, 3.05) is 19.1 Å². The minimum atomic E-state index is -0.678. The number of ether oxygens (including phenoxy) is 2. The van der Waals surface area contributed by atoms with Gasteiger partial charge in [-0.2, -0.15) is 5.10 Å². The molecule has 0 unspecified atom stereocenters. The fraction of sp³-hybridized carbons (Fsp3) is 0.300. The first-order valence-corrected chi connectivity index (χ1v) is 5.21. The number of esters is 1. The Balaban J connectivity index is 2.59. The summed E-state index contributed by atoms with van der Waals surface area (Å²) in [5.74, 6) is -0.195. The number of hydrazone groups is 1. The topological polar surface area (TPSA) is 72.8 Å². The highest BCUT2D eigenvalue weighted by molar-refractivity contribution is 6.82. The first kappa shape index (κ1) is 13.2. The van der Waals surface area contributed by atoms with E-state index in [1.165, 1.54) is 13.3 Å². The molecule has 0 radical (unpaired) electrons. The van der Waals surface area contributed by atoms with Crippen molar-refractivity contribution >= 4 is 28.4 Å². The van der Waals surface area contributed by atoms with E-state index in [1.54, 1.807) is 19.1 Å². The van der Waals surface area contributed by atoms with E-state index in [4.69, 9.17) is 16.3 Å².